The quantitative estimate of drug-likeness (QED) is 0.519. The largest absolute Gasteiger partial charge is 0.495 e. The van der Waals surface area contributed by atoms with Crippen molar-refractivity contribution < 1.29 is 19.5 Å². The Bertz CT molecular complexity index is 875. The van der Waals surface area contributed by atoms with Crippen molar-refractivity contribution in [3.63, 3.8) is 0 Å². The van der Waals surface area contributed by atoms with Crippen LogP contribution in [0.25, 0.3) is 0 Å². The van der Waals surface area contributed by atoms with Crippen molar-refractivity contribution in [1.29, 1.82) is 0 Å². The van der Waals surface area contributed by atoms with Gasteiger partial charge in [-0.15, -0.1) is 0 Å². The number of para-hydroxylation sites is 2. The maximum atomic E-state index is 12.8. The molecule has 30 heavy (non-hydrogen) atoms. The summed E-state index contributed by atoms with van der Waals surface area (Å²) in [6, 6.07) is 14.7. The molecule has 1 fully saturated rings. The zero-order chi connectivity index (χ0) is 21.7. The number of ether oxygens (including phenoxy) is 1. The maximum Gasteiger partial charge on any atom is 0.322 e. The zero-order valence-electron chi connectivity index (χ0n) is 17.5. The van der Waals surface area contributed by atoms with Gasteiger partial charge < -0.3 is 15.0 Å². The molecule has 0 saturated carbocycles. The smallest absolute Gasteiger partial charge is 0.322 e. The van der Waals surface area contributed by atoms with Gasteiger partial charge in [-0.2, -0.15) is 0 Å². The first kappa shape index (κ1) is 21.6. The fourth-order valence-electron chi connectivity index (χ4n) is 3.81. The molecular weight excluding hydrogens is 384 g/mol. The van der Waals surface area contributed by atoms with Gasteiger partial charge in [0.15, 0.2) is 0 Å². The number of piperazine rings is 1. The normalized spacial score (nSPS) is 19.3. The van der Waals surface area contributed by atoms with Gasteiger partial charge in [0.2, 0.25) is 0 Å². The lowest BCUT2D eigenvalue weighted by atomic mass is 10.1. The maximum absolute atomic E-state index is 12.8. The molecule has 0 spiro atoms. The van der Waals surface area contributed by atoms with Crippen LogP contribution < -0.4 is 15.5 Å². The standard InChI is InChI=1S/C22H28N4O4/c1-15-12-25(22(28)23-19-6-4-5-7-20(19)30-3)13-16(2)26(15)14-17-8-10-18(11-9-17)21(27)24-29/h4-11,15-16,29H,12-14H2,1-3H3,(H,23,28)(H,24,27)/t15-,16+. The topological polar surface area (TPSA) is 94.1 Å². The molecule has 160 valence electrons. The van der Waals surface area contributed by atoms with Crippen LogP contribution in [0, 0.1) is 0 Å². The van der Waals surface area contributed by atoms with Crippen molar-refractivity contribution in [2.45, 2.75) is 32.5 Å². The van der Waals surface area contributed by atoms with Crippen LogP contribution in [0.1, 0.15) is 29.8 Å². The van der Waals surface area contributed by atoms with Crippen molar-refractivity contribution >= 4 is 17.6 Å². The number of nitrogens with one attached hydrogen (secondary N) is 2. The van der Waals surface area contributed by atoms with Gasteiger partial charge in [-0.25, -0.2) is 10.3 Å². The number of hydroxylamine groups is 1. The molecule has 3 rings (SSSR count). The third kappa shape index (κ3) is 4.90. The fraction of sp³-hybridized carbons (Fsp3) is 0.364. The highest BCUT2D eigenvalue weighted by Gasteiger charge is 2.32. The summed E-state index contributed by atoms with van der Waals surface area (Å²) in [7, 11) is 1.58. The Morgan fingerprint density at radius 3 is 2.30 bits per heavy atom. The van der Waals surface area contributed by atoms with Gasteiger partial charge in [0.25, 0.3) is 5.91 Å². The SMILES string of the molecule is COc1ccccc1NC(=O)N1C[C@@H](C)N(Cc2ccc(C(=O)NO)cc2)[C@@H](C)C1. The molecular formula is C22H28N4O4. The number of nitrogens with zero attached hydrogens (tertiary/aromatic N) is 2. The van der Waals surface area contributed by atoms with E-state index in [4.69, 9.17) is 9.94 Å². The van der Waals surface area contributed by atoms with Crippen molar-refractivity contribution in [2.75, 3.05) is 25.5 Å². The van der Waals surface area contributed by atoms with Crippen LogP contribution in [0.3, 0.4) is 0 Å². The third-order valence-corrected chi connectivity index (χ3v) is 5.42. The Kier molecular flexibility index (Phi) is 6.91. The van der Waals surface area contributed by atoms with Crippen molar-refractivity contribution in [3.8, 4) is 5.75 Å². The van der Waals surface area contributed by atoms with Crippen LogP contribution in [0.4, 0.5) is 10.5 Å². The van der Waals surface area contributed by atoms with E-state index in [0.29, 0.717) is 36.6 Å². The first-order valence-electron chi connectivity index (χ1n) is 9.91. The van der Waals surface area contributed by atoms with Crippen LogP contribution in [0.5, 0.6) is 5.75 Å². The fourth-order valence-corrected chi connectivity index (χ4v) is 3.81. The molecule has 0 unspecified atom stereocenters. The van der Waals surface area contributed by atoms with Gasteiger partial charge >= 0.3 is 6.03 Å². The molecule has 0 bridgehead atoms. The van der Waals surface area contributed by atoms with Crippen molar-refractivity contribution in [2.24, 2.45) is 0 Å². The van der Waals surface area contributed by atoms with Crippen LogP contribution in [0.2, 0.25) is 0 Å². The lowest BCUT2D eigenvalue weighted by Gasteiger charge is -2.44. The lowest BCUT2D eigenvalue weighted by molar-refractivity contribution is 0.0526. The highest BCUT2D eigenvalue weighted by molar-refractivity contribution is 5.93. The molecule has 3 amide bonds. The summed E-state index contributed by atoms with van der Waals surface area (Å²) in [4.78, 5) is 28.4. The van der Waals surface area contributed by atoms with Crippen molar-refractivity contribution in [3.05, 3.63) is 59.7 Å². The summed E-state index contributed by atoms with van der Waals surface area (Å²) in [6.07, 6.45) is 0. The first-order chi connectivity index (χ1) is 14.4. The minimum Gasteiger partial charge on any atom is -0.495 e. The molecule has 0 aromatic heterocycles. The Hall–Kier alpha value is -3.10. The van der Waals surface area contributed by atoms with Gasteiger partial charge in [-0.3, -0.25) is 14.9 Å². The average Bonchev–Trinajstić information content (AvgIpc) is 2.76. The van der Waals surface area contributed by atoms with E-state index in [1.807, 2.05) is 41.3 Å². The van der Waals surface area contributed by atoms with Crippen LogP contribution in [-0.2, 0) is 6.54 Å². The van der Waals surface area contributed by atoms with E-state index >= 15 is 0 Å². The number of amides is 3. The molecule has 2 atom stereocenters. The van der Waals surface area contributed by atoms with Crippen LogP contribution in [0.15, 0.2) is 48.5 Å². The molecule has 8 heteroatoms. The number of anilines is 1. The molecule has 0 aliphatic carbocycles. The number of carbonyl (C=O) groups excluding carboxylic acids is 2. The second-order valence-corrected chi connectivity index (χ2v) is 7.54. The van der Waals surface area contributed by atoms with E-state index in [1.165, 1.54) is 0 Å². The Morgan fingerprint density at radius 1 is 1.07 bits per heavy atom. The van der Waals surface area contributed by atoms with Crippen LogP contribution in [-0.4, -0.2) is 59.2 Å². The number of methoxy groups -OCH3 is 1. The molecule has 1 heterocycles. The van der Waals surface area contributed by atoms with Crippen molar-refractivity contribution in [1.82, 2.24) is 15.3 Å². The molecule has 3 N–H and O–H groups in total. The Morgan fingerprint density at radius 2 is 1.70 bits per heavy atom. The van der Waals surface area contributed by atoms with Crippen LogP contribution >= 0.6 is 0 Å². The monoisotopic (exact) mass is 412 g/mol. The molecule has 1 aliphatic rings. The molecule has 8 nitrogen and oxygen atoms in total. The third-order valence-electron chi connectivity index (χ3n) is 5.42. The Balaban J connectivity index is 1.62. The lowest BCUT2D eigenvalue weighted by Crippen LogP contribution is -2.58. The number of carbonyl (C=O) groups is 2. The van der Waals surface area contributed by atoms with Gasteiger partial charge in [0.1, 0.15) is 5.75 Å². The van der Waals surface area contributed by atoms with E-state index in [1.54, 1.807) is 24.7 Å². The predicted octanol–water partition coefficient (Wildman–Crippen LogP) is 2.94. The van der Waals surface area contributed by atoms with E-state index in [9.17, 15) is 9.59 Å². The van der Waals surface area contributed by atoms with E-state index in [0.717, 1.165) is 5.56 Å². The summed E-state index contributed by atoms with van der Waals surface area (Å²) >= 11 is 0. The molecule has 2 aromatic carbocycles. The number of hydrogen-bond donors (Lipinski definition) is 3. The van der Waals surface area contributed by atoms with E-state index in [-0.39, 0.29) is 18.1 Å². The summed E-state index contributed by atoms with van der Waals surface area (Å²) in [5, 5.41) is 11.7. The summed E-state index contributed by atoms with van der Waals surface area (Å²) < 4.78 is 5.31. The molecule has 1 saturated heterocycles. The number of hydrogen-bond acceptors (Lipinski definition) is 5. The zero-order valence-corrected chi connectivity index (χ0v) is 17.5. The Labute approximate surface area is 176 Å². The predicted molar refractivity (Wildman–Crippen MR) is 114 cm³/mol. The molecule has 2 aromatic rings. The molecule has 0 radical (unpaired) electrons. The first-order valence-corrected chi connectivity index (χ1v) is 9.91. The summed E-state index contributed by atoms with van der Waals surface area (Å²) in [6.45, 7) is 6.14. The van der Waals surface area contributed by atoms with E-state index < -0.39 is 5.91 Å². The molecule has 1 aliphatic heterocycles. The number of rotatable bonds is 5. The van der Waals surface area contributed by atoms with Gasteiger partial charge in [-0.05, 0) is 43.7 Å². The van der Waals surface area contributed by atoms with E-state index in [2.05, 4.69) is 24.1 Å². The number of urea groups is 1. The van der Waals surface area contributed by atoms with Gasteiger partial charge in [0.05, 0.1) is 12.8 Å². The average molecular weight is 412 g/mol. The highest BCUT2D eigenvalue weighted by Crippen LogP contribution is 2.25. The summed E-state index contributed by atoms with van der Waals surface area (Å²) in [5.41, 5.74) is 3.76. The minimum atomic E-state index is -0.530. The minimum absolute atomic E-state index is 0.141. The second-order valence-electron chi connectivity index (χ2n) is 7.54. The second kappa shape index (κ2) is 9.60. The van der Waals surface area contributed by atoms with Gasteiger partial charge in [0, 0.05) is 37.3 Å². The number of benzene rings is 2. The van der Waals surface area contributed by atoms with Gasteiger partial charge in [-0.1, -0.05) is 24.3 Å². The highest BCUT2D eigenvalue weighted by atomic mass is 16.5. The summed E-state index contributed by atoms with van der Waals surface area (Å²) in [5.74, 6) is 0.0990.